The van der Waals surface area contributed by atoms with Gasteiger partial charge in [0.1, 0.15) is 0 Å². The van der Waals surface area contributed by atoms with Crippen molar-refractivity contribution in [3.63, 3.8) is 0 Å². The van der Waals surface area contributed by atoms with Gasteiger partial charge < -0.3 is 14.7 Å². The number of carbonyl (C=O) groups is 1. The molecule has 0 aromatic heterocycles. The summed E-state index contributed by atoms with van der Waals surface area (Å²) in [6, 6.07) is 9.33. The van der Waals surface area contributed by atoms with Crippen LogP contribution in [0.2, 0.25) is 0 Å². The van der Waals surface area contributed by atoms with Crippen molar-refractivity contribution >= 4 is 5.97 Å². The predicted octanol–water partition coefficient (Wildman–Crippen LogP) is 2.95. The molecule has 1 saturated heterocycles. The molecule has 0 radical (unpaired) electrons. The first-order chi connectivity index (χ1) is 11.6. The van der Waals surface area contributed by atoms with E-state index < -0.39 is 11.6 Å². The molecule has 24 heavy (non-hydrogen) atoms. The minimum atomic E-state index is -1.50. The second kappa shape index (κ2) is 7.66. The van der Waals surface area contributed by atoms with Crippen LogP contribution in [0.4, 0.5) is 0 Å². The summed E-state index contributed by atoms with van der Waals surface area (Å²) < 4.78 is 5.64. The summed E-state index contributed by atoms with van der Waals surface area (Å²) in [5, 5.41) is 11.3. The van der Waals surface area contributed by atoms with Crippen LogP contribution in [0.1, 0.15) is 44.6 Å². The van der Waals surface area contributed by atoms with Crippen LogP contribution < -0.4 is 0 Å². The largest absolute Gasteiger partial charge is 0.463 e. The molecular formula is C20H29NO3. The zero-order chi connectivity index (χ0) is 17.0. The number of rotatable bonds is 6. The molecule has 4 heteroatoms. The molecule has 132 valence electrons. The lowest BCUT2D eigenvalue weighted by Crippen LogP contribution is -2.44. The van der Waals surface area contributed by atoms with E-state index in [-0.39, 0.29) is 5.92 Å². The van der Waals surface area contributed by atoms with E-state index in [0.29, 0.717) is 18.1 Å². The van der Waals surface area contributed by atoms with Gasteiger partial charge in [-0.1, -0.05) is 50.1 Å². The van der Waals surface area contributed by atoms with E-state index in [1.807, 2.05) is 30.3 Å². The molecule has 2 unspecified atom stereocenters. The van der Waals surface area contributed by atoms with E-state index in [1.165, 1.54) is 0 Å². The van der Waals surface area contributed by atoms with Crippen molar-refractivity contribution in [2.45, 2.75) is 44.6 Å². The Kier molecular flexibility index (Phi) is 5.57. The smallest absolute Gasteiger partial charge is 0.343 e. The Morgan fingerprint density at radius 2 is 1.96 bits per heavy atom. The number of nitrogens with zero attached hydrogens (tertiary/aromatic N) is 1. The first-order valence-electron chi connectivity index (χ1n) is 9.32. The number of carbonyl (C=O) groups excluding carboxylic acids is 1. The Bertz CT molecular complexity index is 541. The summed E-state index contributed by atoms with van der Waals surface area (Å²) in [4.78, 5) is 15.2. The highest BCUT2D eigenvalue weighted by molar-refractivity contribution is 5.81. The van der Waals surface area contributed by atoms with Crippen LogP contribution in [0.3, 0.4) is 0 Å². The SMILES string of the molecule is CCN1CCC(COC(=O)C(O)(c2ccccc2)C2CCCC2)C1. The van der Waals surface area contributed by atoms with Crippen molar-refractivity contribution in [3.8, 4) is 0 Å². The van der Waals surface area contributed by atoms with Gasteiger partial charge in [0.15, 0.2) is 5.60 Å². The second-order valence-electron chi connectivity index (χ2n) is 7.26. The molecule has 0 bridgehead atoms. The maximum Gasteiger partial charge on any atom is 0.343 e. The van der Waals surface area contributed by atoms with E-state index in [2.05, 4.69) is 11.8 Å². The highest BCUT2D eigenvalue weighted by Crippen LogP contribution is 2.41. The molecule has 0 amide bonds. The average molecular weight is 331 g/mol. The Hall–Kier alpha value is -1.39. The fourth-order valence-corrected chi connectivity index (χ4v) is 4.20. The van der Waals surface area contributed by atoms with Crippen LogP contribution in [0.15, 0.2) is 30.3 Å². The Labute approximate surface area is 144 Å². The lowest BCUT2D eigenvalue weighted by atomic mass is 9.80. The quantitative estimate of drug-likeness (QED) is 0.814. The van der Waals surface area contributed by atoms with Gasteiger partial charge in [-0.15, -0.1) is 0 Å². The highest BCUT2D eigenvalue weighted by Gasteiger charge is 2.48. The third-order valence-electron chi connectivity index (χ3n) is 5.74. The Morgan fingerprint density at radius 3 is 2.58 bits per heavy atom. The topological polar surface area (TPSA) is 49.8 Å². The molecule has 1 aromatic rings. The summed E-state index contributed by atoms with van der Waals surface area (Å²) in [7, 11) is 0. The molecule has 1 aliphatic heterocycles. The molecule has 2 aliphatic rings. The van der Waals surface area contributed by atoms with Crippen molar-refractivity contribution in [2.24, 2.45) is 11.8 Å². The van der Waals surface area contributed by atoms with E-state index in [9.17, 15) is 9.90 Å². The van der Waals surface area contributed by atoms with E-state index in [1.54, 1.807) is 0 Å². The third kappa shape index (κ3) is 3.50. The maximum absolute atomic E-state index is 12.9. The number of likely N-dealkylation sites (tertiary alicyclic amines) is 1. The first-order valence-corrected chi connectivity index (χ1v) is 9.32. The van der Waals surface area contributed by atoms with Crippen LogP contribution in [-0.2, 0) is 15.1 Å². The normalized spacial score (nSPS) is 24.8. The molecule has 3 rings (SSSR count). The van der Waals surface area contributed by atoms with Gasteiger partial charge in [-0.25, -0.2) is 4.79 Å². The molecule has 1 N–H and O–H groups in total. The van der Waals surface area contributed by atoms with Crippen LogP contribution in [0.5, 0.6) is 0 Å². The third-order valence-corrected chi connectivity index (χ3v) is 5.74. The average Bonchev–Trinajstić information content (AvgIpc) is 3.31. The molecule has 2 atom stereocenters. The van der Waals surface area contributed by atoms with E-state index in [0.717, 1.165) is 51.7 Å². The highest BCUT2D eigenvalue weighted by atomic mass is 16.5. The minimum absolute atomic E-state index is 0.0388. The molecule has 0 spiro atoms. The van der Waals surface area contributed by atoms with Gasteiger partial charge in [0, 0.05) is 18.4 Å². The van der Waals surface area contributed by atoms with Crippen LogP contribution in [-0.4, -0.2) is 42.2 Å². The molecular weight excluding hydrogens is 302 g/mol. The van der Waals surface area contributed by atoms with Crippen molar-refractivity contribution in [1.82, 2.24) is 4.90 Å². The molecule has 1 aromatic carbocycles. The summed E-state index contributed by atoms with van der Waals surface area (Å²) in [6.45, 7) is 5.67. The maximum atomic E-state index is 12.9. The van der Waals surface area contributed by atoms with Crippen LogP contribution in [0, 0.1) is 11.8 Å². The molecule has 4 nitrogen and oxygen atoms in total. The number of aliphatic hydroxyl groups is 1. The van der Waals surface area contributed by atoms with Crippen molar-refractivity contribution < 1.29 is 14.6 Å². The summed E-state index contributed by atoms with van der Waals surface area (Å²) in [5.41, 5.74) is -0.829. The number of esters is 1. The first kappa shape index (κ1) is 17.4. The van der Waals surface area contributed by atoms with Gasteiger partial charge >= 0.3 is 5.97 Å². The lowest BCUT2D eigenvalue weighted by Gasteiger charge is -2.32. The molecule has 1 saturated carbocycles. The zero-order valence-corrected chi connectivity index (χ0v) is 14.6. The number of hydrogen-bond donors (Lipinski definition) is 1. The number of ether oxygens (including phenoxy) is 1. The van der Waals surface area contributed by atoms with Gasteiger partial charge in [-0.3, -0.25) is 0 Å². The number of hydrogen-bond acceptors (Lipinski definition) is 4. The fraction of sp³-hybridized carbons (Fsp3) is 0.650. The predicted molar refractivity (Wildman–Crippen MR) is 93.5 cm³/mol. The summed E-state index contributed by atoms with van der Waals surface area (Å²) in [6.07, 6.45) is 4.97. The van der Waals surface area contributed by atoms with Crippen LogP contribution in [0.25, 0.3) is 0 Å². The fourth-order valence-electron chi connectivity index (χ4n) is 4.20. The van der Waals surface area contributed by atoms with Crippen LogP contribution >= 0.6 is 0 Å². The van der Waals surface area contributed by atoms with Crippen molar-refractivity contribution in [3.05, 3.63) is 35.9 Å². The van der Waals surface area contributed by atoms with Crippen molar-refractivity contribution in [1.29, 1.82) is 0 Å². The Morgan fingerprint density at radius 1 is 1.25 bits per heavy atom. The summed E-state index contributed by atoms with van der Waals surface area (Å²) >= 11 is 0. The second-order valence-corrected chi connectivity index (χ2v) is 7.26. The Balaban J connectivity index is 1.70. The van der Waals surface area contributed by atoms with Crippen molar-refractivity contribution in [2.75, 3.05) is 26.2 Å². The van der Waals surface area contributed by atoms with Gasteiger partial charge in [0.2, 0.25) is 0 Å². The zero-order valence-electron chi connectivity index (χ0n) is 14.6. The molecule has 1 aliphatic carbocycles. The molecule has 1 heterocycles. The van der Waals surface area contributed by atoms with Gasteiger partial charge in [-0.2, -0.15) is 0 Å². The van der Waals surface area contributed by atoms with E-state index >= 15 is 0 Å². The van der Waals surface area contributed by atoms with Gasteiger partial charge in [0.05, 0.1) is 6.61 Å². The number of benzene rings is 1. The van der Waals surface area contributed by atoms with Gasteiger partial charge in [-0.05, 0) is 37.9 Å². The van der Waals surface area contributed by atoms with Gasteiger partial charge in [0.25, 0.3) is 0 Å². The molecule has 2 fully saturated rings. The lowest BCUT2D eigenvalue weighted by molar-refractivity contribution is -0.175. The monoisotopic (exact) mass is 331 g/mol. The summed E-state index contributed by atoms with van der Waals surface area (Å²) in [5.74, 6) is -0.115. The minimum Gasteiger partial charge on any atom is -0.463 e. The standard InChI is InChI=1S/C20H29NO3/c1-2-21-13-12-16(14-21)15-24-19(22)20(23,18-10-6-7-11-18)17-8-4-3-5-9-17/h3-5,8-9,16,18,23H,2,6-7,10-15H2,1H3. The van der Waals surface area contributed by atoms with E-state index in [4.69, 9.17) is 4.74 Å².